The first kappa shape index (κ1) is 17.1. The molecule has 2 amide bonds. The molecule has 1 aromatic carbocycles. The van der Waals surface area contributed by atoms with Gasteiger partial charge in [0.25, 0.3) is 0 Å². The van der Waals surface area contributed by atoms with Crippen molar-refractivity contribution in [3.8, 4) is 0 Å². The van der Waals surface area contributed by atoms with Crippen LogP contribution in [0.15, 0.2) is 24.3 Å². The van der Waals surface area contributed by atoms with Gasteiger partial charge in [0, 0.05) is 38.2 Å². The number of rotatable bonds is 5. The van der Waals surface area contributed by atoms with Gasteiger partial charge in [-0.05, 0) is 18.6 Å². The van der Waals surface area contributed by atoms with Crippen LogP contribution in [-0.2, 0) is 9.47 Å². The molecule has 2 heterocycles. The van der Waals surface area contributed by atoms with Crippen molar-refractivity contribution < 1.29 is 18.7 Å². The zero-order valence-electron chi connectivity index (χ0n) is 13.7. The minimum absolute atomic E-state index is 0.183. The van der Waals surface area contributed by atoms with E-state index in [0.717, 1.165) is 32.7 Å². The first-order valence-corrected chi connectivity index (χ1v) is 8.43. The highest BCUT2D eigenvalue weighted by Crippen LogP contribution is 2.22. The summed E-state index contributed by atoms with van der Waals surface area (Å²) in [7, 11) is 0. The van der Waals surface area contributed by atoms with E-state index < -0.39 is 11.8 Å². The molecule has 0 saturated carbocycles. The van der Waals surface area contributed by atoms with Gasteiger partial charge < -0.3 is 20.1 Å². The number of hydrogen-bond acceptors (Lipinski definition) is 4. The standard InChI is InChI=1S/C17H24FN3O3/c18-14-3-1-2-4-15(14)20-17(22)19-11-16(13-5-8-24-12-13)21-6-9-23-10-7-21/h1-4,13,16H,5-12H2,(H2,19,20,22)/t13-,16+/m1/s1. The Morgan fingerprint density at radius 3 is 2.75 bits per heavy atom. The molecule has 0 bridgehead atoms. The van der Waals surface area contributed by atoms with E-state index in [1.807, 2.05) is 0 Å². The maximum Gasteiger partial charge on any atom is 0.319 e. The predicted molar refractivity (Wildman–Crippen MR) is 88.5 cm³/mol. The molecule has 2 aliphatic rings. The normalized spacial score (nSPS) is 23.0. The third-order valence-corrected chi connectivity index (χ3v) is 4.62. The lowest BCUT2D eigenvalue weighted by atomic mass is 9.97. The monoisotopic (exact) mass is 337 g/mol. The van der Waals surface area contributed by atoms with Crippen LogP contribution in [0.4, 0.5) is 14.9 Å². The summed E-state index contributed by atoms with van der Waals surface area (Å²) in [6.45, 7) is 5.15. The number of nitrogens with one attached hydrogen (secondary N) is 2. The molecule has 2 aliphatic heterocycles. The molecule has 0 aliphatic carbocycles. The van der Waals surface area contributed by atoms with Crippen LogP contribution < -0.4 is 10.6 Å². The summed E-state index contributed by atoms with van der Waals surface area (Å²) in [4.78, 5) is 14.5. The summed E-state index contributed by atoms with van der Waals surface area (Å²) in [5.74, 6) is -0.0431. The number of para-hydroxylation sites is 1. The van der Waals surface area contributed by atoms with Gasteiger partial charge in [-0.25, -0.2) is 9.18 Å². The van der Waals surface area contributed by atoms with Crippen molar-refractivity contribution in [1.82, 2.24) is 10.2 Å². The number of urea groups is 1. The summed E-state index contributed by atoms with van der Waals surface area (Å²) in [5, 5.41) is 5.44. The Balaban J connectivity index is 1.56. The number of benzene rings is 1. The Labute approximate surface area is 141 Å². The van der Waals surface area contributed by atoms with Crippen molar-refractivity contribution in [2.24, 2.45) is 5.92 Å². The quantitative estimate of drug-likeness (QED) is 0.858. The number of morpholine rings is 1. The summed E-state index contributed by atoms with van der Waals surface area (Å²) in [6.07, 6.45) is 0.999. The van der Waals surface area contributed by atoms with Crippen LogP contribution in [0.3, 0.4) is 0 Å². The lowest BCUT2D eigenvalue weighted by molar-refractivity contribution is 0.00222. The van der Waals surface area contributed by atoms with E-state index in [0.29, 0.717) is 25.7 Å². The van der Waals surface area contributed by atoms with Gasteiger partial charge in [-0.2, -0.15) is 0 Å². The number of ether oxygens (including phenoxy) is 2. The Bertz CT molecular complexity index is 546. The second-order valence-electron chi connectivity index (χ2n) is 6.15. The van der Waals surface area contributed by atoms with Crippen molar-refractivity contribution in [1.29, 1.82) is 0 Å². The van der Waals surface area contributed by atoms with Crippen molar-refractivity contribution >= 4 is 11.7 Å². The molecule has 132 valence electrons. The minimum Gasteiger partial charge on any atom is -0.381 e. The van der Waals surface area contributed by atoms with Crippen LogP contribution in [-0.4, -0.2) is 63.0 Å². The molecule has 24 heavy (non-hydrogen) atoms. The van der Waals surface area contributed by atoms with Gasteiger partial charge in [-0.15, -0.1) is 0 Å². The van der Waals surface area contributed by atoms with Gasteiger partial charge in [-0.1, -0.05) is 12.1 Å². The van der Waals surface area contributed by atoms with E-state index >= 15 is 0 Å². The van der Waals surface area contributed by atoms with Crippen molar-refractivity contribution in [3.05, 3.63) is 30.1 Å². The largest absolute Gasteiger partial charge is 0.381 e. The zero-order valence-corrected chi connectivity index (χ0v) is 13.7. The topological polar surface area (TPSA) is 62.8 Å². The molecule has 3 rings (SSSR count). The Morgan fingerprint density at radius 2 is 2.04 bits per heavy atom. The number of anilines is 1. The molecule has 7 heteroatoms. The molecule has 0 aromatic heterocycles. The highest BCUT2D eigenvalue weighted by Gasteiger charge is 2.31. The van der Waals surface area contributed by atoms with Gasteiger partial charge in [0.2, 0.25) is 0 Å². The second-order valence-corrected chi connectivity index (χ2v) is 6.15. The van der Waals surface area contributed by atoms with Crippen LogP contribution in [0.2, 0.25) is 0 Å². The smallest absolute Gasteiger partial charge is 0.319 e. The zero-order chi connectivity index (χ0) is 16.8. The third kappa shape index (κ3) is 4.43. The predicted octanol–water partition coefficient (Wildman–Crippen LogP) is 1.68. The third-order valence-electron chi connectivity index (χ3n) is 4.62. The van der Waals surface area contributed by atoms with E-state index in [4.69, 9.17) is 9.47 Å². The van der Waals surface area contributed by atoms with Crippen molar-refractivity contribution in [3.63, 3.8) is 0 Å². The Morgan fingerprint density at radius 1 is 1.25 bits per heavy atom. The van der Waals surface area contributed by atoms with Crippen LogP contribution in [0.5, 0.6) is 0 Å². The Kier molecular flexibility index (Phi) is 6.01. The molecule has 2 atom stereocenters. The van der Waals surface area contributed by atoms with E-state index in [1.165, 1.54) is 6.07 Å². The summed E-state index contributed by atoms with van der Waals surface area (Å²) in [6, 6.07) is 5.96. The number of carbonyl (C=O) groups excluding carboxylic acids is 1. The number of carbonyl (C=O) groups is 1. The van der Waals surface area contributed by atoms with Crippen molar-refractivity contribution in [2.75, 3.05) is 51.4 Å². The van der Waals surface area contributed by atoms with Gasteiger partial charge in [0.15, 0.2) is 0 Å². The molecule has 6 nitrogen and oxygen atoms in total. The van der Waals surface area contributed by atoms with E-state index in [-0.39, 0.29) is 11.7 Å². The number of nitrogens with zero attached hydrogens (tertiary/aromatic N) is 1. The molecule has 1 aromatic rings. The fraction of sp³-hybridized carbons (Fsp3) is 0.588. The highest BCUT2D eigenvalue weighted by molar-refractivity contribution is 5.89. The first-order chi connectivity index (χ1) is 11.7. The molecular weight excluding hydrogens is 313 g/mol. The van der Waals surface area contributed by atoms with Crippen LogP contribution in [0.25, 0.3) is 0 Å². The summed E-state index contributed by atoms with van der Waals surface area (Å²) >= 11 is 0. The minimum atomic E-state index is -0.443. The number of hydrogen-bond donors (Lipinski definition) is 2. The lowest BCUT2D eigenvalue weighted by Crippen LogP contribution is -2.52. The highest BCUT2D eigenvalue weighted by atomic mass is 19.1. The summed E-state index contributed by atoms with van der Waals surface area (Å²) < 4.78 is 24.5. The SMILES string of the molecule is O=C(NC[C@@H]([C@@H]1CCOC1)N1CCOCC1)Nc1ccccc1F. The van der Waals surface area contributed by atoms with Crippen LogP contribution in [0, 0.1) is 11.7 Å². The summed E-state index contributed by atoms with van der Waals surface area (Å²) in [5.41, 5.74) is 0.183. The van der Waals surface area contributed by atoms with E-state index in [1.54, 1.807) is 18.2 Å². The molecule has 2 fully saturated rings. The van der Waals surface area contributed by atoms with E-state index in [2.05, 4.69) is 15.5 Å². The van der Waals surface area contributed by atoms with Gasteiger partial charge in [0.05, 0.1) is 25.5 Å². The maximum atomic E-state index is 13.6. The van der Waals surface area contributed by atoms with Gasteiger partial charge in [0.1, 0.15) is 5.82 Å². The number of halogens is 1. The first-order valence-electron chi connectivity index (χ1n) is 8.43. The average Bonchev–Trinajstić information content (AvgIpc) is 3.12. The second kappa shape index (κ2) is 8.41. The molecule has 0 spiro atoms. The molecular formula is C17H24FN3O3. The maximum absolute atomic E-state index is 13.6. The van der Waals surface area contributed by atoms with Crippen LogP contribution in [0.1, 0.15) is 6.42 Å². The van der Waals surface area contributed by atoms with Gasteiger partial charge >= 0.3 is 6.03 Å². The Hall–Kier alpha value is -1.70. The number of amides is 2. The van der Waals surface area contributed by atoms with Crippen LogP contribution >= 0.6 is 0 Å². The molecule has 2 saturated heterocycles. The fourth-order valence-corrected chi connectivity index (χ4v) is 3.29. The fourth-order valence-electron chi connectivity index (χ4n) is 3.29. The molecule has 0 radical (unpaired) electrons. The van der Waals surface area contributed by atoms with Gasteiger partial charge in [-0.3, -0.25) is 4.90 Å². The lowest BCUT2D eigenvalue weighted by Gasteiger charge is -2.37. The van der Waals surface area contributed by atoms with Crippen molar-refractivity contribution in [2.45, 2.75) is 12.5 Å². The molecule has 2 N–H and O–H groups in total. The average molecular weight is 337 g/mol. The molecule has 0 unspecified atom stereocenters. The van der Waals surface area contributed by atoms with E-state index in [9.17, 15) is 9.18 Å².